The van der Waals surface area contributed by atoms with Gasteiger partial charge >= 0.3 is 0 Å². The Morgan fingerprint density at radius 1 is 1.03 bits per heavy atom. The fourth-order valence-corrected chi connectivity index (χ4v) is 8.00. The van der Waals surface area contributed by atoms with Gasteiger partial charge in [0.15, 0.2) is 5.78 Å². The van der Waals surface area contributed by atoms with Crippen molar-refractivity contribution in [2.75, 3.05) is 20.6 Å². The van der Waals surface area contributed by atoms with Gasteiger partial charge in [-0.2, -0.15) is 0 Å². The second kappa shape index (κ2) is 9.88. The van der Waals surface area contributed by atoms with Gasteiger partial charge in [-0.05, 0) is 100.0 Å². The standard InChI is InChI=1S/C17H23NO.C13H16ClNO/c1-18-9-8-17-7-3-2-4-14(17)16(18)10-12-5-6-13(19)11-15(12)17;1-15-13(9-5-4-8-12(13)16)10-6-2-3-7-11(10)14/h5-6,11,14,16,19H,2-4,7-10H2,1H3;2-3,6-7,15H,4-5,8-9H2,1H3/t14-,16+,17+;/m1./s1. The van der Waals surface area contributed by atoms with E-state index in [1.165, 1.54) is 56.2 Å². The number of carbonyl (C=O) groups is 1. The number of fused-ring (bicyclic) bond motifs is 1. The third-order valence-electron chi connectivity index (χ3n) is 9.54. The van der Waals surface area contributed by atoms with E-state index in [9.17, 15) is 9.90 Å². The Morgan fingerprint density at radius 2 is 1.83 bits per heavy atom. The van der Waals surface area contributed by atoms with Gasteiger partial charge in [0.25, 0.3) is 0 Å². The number of nitrogens with zero attached hydrogens (tertiary/aromatic N) is 1. The van der Waals surface area contributed by atoms with Crippen LogP contribution in [0.15, 0.2) is 42.5 Å². The van der Waals surface area contributed by atoms with E-state index in [4.69, 9.17) is 11.6 Å². The molecule has 5 heteroatoms. The SMILES string of the molecule is CN1CC[C@@]23CCCC[C@@H]2[C@@H]1Cc1ccc(O)cc13.CNC1(c2ccccc2Cl)CCCCC1=O. The van der Waals surface area contributed by atoms with Crippen molar-refractivity contribution >= 4 is 17.4 Å². The zero-order chi connectivity index (χ0) is 24.6. The highest BCUT2D eigenvalue weighted by atomic mass is 35.5. The molecule has 3 fully saturated rings. The van der Waals surface area contributed by atoms with Gasteiger partial charge < -0.3 is 15.3 Å². The average Bonchev–Trinajstić information content (AvgIpc) is 2.88. The number of carbonyl (C=O) groups excluding carboxylic acids is 1. The molecule has 0 aromatic heterocycles. The smallest absolute Gasteiger partial charge is 0.157 e. The van der Waals surface area contributed by atoms with Crippen LogP contribution in [0.2, 0.25) is 5.02 Å². The zero-order valence-electron chi connectivity index (χ0n) is 21.2. The summed E-state index contributed by atoms with van der Waals surface area (Å²) in [6.07, 6.45) is 11.5. The molecule has 2 N–H and O–H groups in total. The van der Waals surface area contributed by atoms with Crippen molar-refractivity contribution in [2.24, 2.45) is 5.92 Å². The van der Waals surface area contributed by atoms with E-state index in [0.717, 1.165) is 36.8 Å². The van der Waals surface area contributed by atoms with E-state index in [-0.39, 0.29) is 5.78 Å². The first-order valence-corrected chi connectivity index (χ1v) is 13.8. The Bertz CT molecular complexity index is 1090. The van der Waals surface area contributed by atoms with Crippen LogP contribution in [0.1, 0.15) is 74.5 Å². The molecule has 4 atom stereocenters. The van der Waals surface area contributed by atoms with Gasteiger partial charge in [0.1, 0.15) is 11.3 Å². The van der Waals surface area contributed by atoms with Crippen LogP contribution in [0.3, 0.4) is 0 Å². The Balaban J connectivity index is 0.000000148. The van der Waals surface area contributed by atoms with E-state index >= 15 is 0 Å². The van der Waals surface area contributed by atoms with Crippen molar-refractivity contribution in [1.82, 2.24) is 10.2 Å². The molecule has 1 heterocycles. The lowest BCUT2D eigenvalue weighted by molar-refractivity contribution is -0.127. The Morgan fingerprint density at radius 3 is 2.60 bits per heavy atom. The number of phenolic OH excluding ortho intramolecular Hbond substituents is 1. The van der Waals surface area contributed by atoms with Crippen LogP contribution < -0.4 is 5.32 Å². The summed E-state index contributed by atoms with van der Waals surface area (Å²) in [4.78, 5) is 14.8. The fourth-order valence-electron chi connectivity index (χ4n) is 7.70. The van der Waals surface area contributed by atoms with E-state index in [2.05, 4.69) is 29.4 Å². The van der Waals surface area contributed by atoms with Crippen molar-refractivity contribution < 1.29 is 9.90 Å². The van der Waals surface area contributed by atoms with Crippen molar-refractivity contribution in [3.8, 4) is 5.75 Å². The third kappa shape index (κ3) is 4.22. The van der Waals surface area contributed by atoms with Gasteiger partial charge in [-0.3, -0.25) is 4.79 Å². The van der Waals surface area contributed by atoms with Crippen LogP contribution in [-0.2, 0) is 22.2 Å². The summed E-state index contributed by atoms with van der Waals surface area (Å²) in [7, 11) is 4.14. The zero-order valence-corrected chi connectivity index (χ0v) is 21.9. The molecule has 1 aliphatic heterocycles. The van der Waals surface area contributed by atoms with Gasteiger partial charge in [-0.25, -0.2) is 0 Å². The second-order valence-corrected chi connectivity index (χ2v) is 11.5. The number of hydrogen-bond donors (Lipinski definition) is 2. The summed E-state index contributed by atoms with van der Waals surface area (Å²) in [6, 6.07) is 14.5. The molecule has 1 unspecified atom stereocenters. The average molecular weight is 495 g/mol. The first-order valence-electron chi connectivity index (χ1n) is 13.4. The van der Waals surface area contributed by atoms with Crippen LogP contribution in [0, 0.1) is 5.92 Å². The summed E-state index contributed by atoms with van der Waals surface area (Å²) >= 11 is 6.20. The number of likely N-dealkylation sites (N-methyl/N-ethyl adjacent to an activating group) is 2. The number of nitrogens with one attached hydrogen (secondary N) is 1. The molecule has 0 radical (unpaired) electrons. The number of phenols is 1. The first-order chi connectivity index (χ1) is 16.9. The maximum absolute atomic E-state index is 12.2. The fraction of sp³-hybridized carbons (Fsp3) is 0.567. The molecule has 0 amide bonds. The van der Waals surface area contributed by atoms with E-state index in [0.29, 0.717) is 22.6 Å². The molecule has 0 spiro atoms. The summed E-state index contributed by atoms with van der Waals surface area (Å²) < 4.78 is 0. The highest BCUT2D eigenvalue weighted by Crippen LogP contribution is 2.55. The molecule has 3 aliphatic carbocycles. The molecule has 4 aliphatic rings. The van der Waals surface area contributed by atoms with Crippen molar-refractivity contribution in [3.63, 3.8) is 0 Å². The minimum Gasteiger partial charge on any atom is -0.508 e. The number of benzene rings is 2. The van der Waals surface area contributed by atoms with Crippen molar-refractivity contribution in [3.05, 3.63) is 64.2 Å². The minimum absolute atomic E-state index is 0.259. The van der Waals surface area contributed by atoms with E-state index < -0.39 is 5.54 Å². The van der Waals surface area contributed by atoms with Gasteiger partial charge in [0.2, 0.25) is 0 Å². The largest absolute Gasteiger partial charge is 0.508 e. The molecule has 2 saturated carbocycles. The number of halogens is 1. The van der Waals surface area contributed by atoms with Gasteiger partial charge in [-0.1, -0.05) is 55.1 Å². The molecule has 4 nitrogen and oxygen atoms in total. The Kier molecular flexibility index (Phi) is 7.00. The van der Waals surface area contributed by atoms with Crippen LogP contribution >= 0.6 is 11.6 Å². The lowest BCUT2D eigenvalue weighted by Gasteiger charge is -2.58. The molecule has 6 rings (SSSR count). The van der Waals surface area contributed by atoms with Crippen LogP contribution in [0.25, 0.3) is 0 Å². The highest BCUT2D eigenvalue weighted by molar-refractivity contribution is 6.31. The molecular formula is C30H39ClN2O2. The number of piperidine rings is 1. The van der Waals surface area contributed by atoms with Gasteiger partial charge in [0.05, 0.1) is 0 Å². The van der Waals surface area contributed by atoms with Gasteiger partial charge in [-0.15, -0.1) is 0 Å². The first kappa shape index (κ1) is 24.8. The molecule has 2 aromatic carbocycles. The molecular weight excluding hydrogens is 456 g/mol. The van der Waals surface area contributed by atoms with Crippen LogP contribution in [0.4, 0.5) is 0 Å². The number of hydrogen-bond acceptors (Lipinski definition) is 4. The lowest BCUT2D eigenvalue weighted by Crippen LogP contribution is -2.59. The summed E-state index contributed by atoms with van der Waals surface area (Å²) in [5.41, 5.74) is 3.72. The van der Waals surface area contributed by atoms with Crippen molar-refractivity contribution in [1.29, 1.82) is 0 Å². The summed E-state index contributed by atoms with van der Waals surface area (Å²) in [5, 5.41) is 13.8. The van der Waals surface area contributed by atoms with Gasteiger partial charge in [0, 0.05) is 22.9 Å². The molecule has 2 bridgehead atoms. The lowest BCUT2D eigenvalue weighted by atomic mass is 9.52. The normalized spacial score (nSPS) is 32.1. The number of likely N-dealkylation sites (tertiary alicyclic amines) is 1. The molecule has 1 saturated heterocycles. The van der Waals surface area contributed by atoms with Crippen molar-refractivity contribution in [2.45, 2.75) is 81.2 Å². The molecule has 188 valence electrons. The summed E-state index contributed by atoms with van der Waals surface area (Å²) in [5.74, 6) is 1.53. The highest BCUT2D eigenvalue weighted by Gasteiger charge is 2.53. The maximum atomic E-state index is 12.2. The second-order valence-electron chi connectivity index (χ2n) is 11.1. The number of ketones is 1. The molecule has 35 heavy (non-hydrogen) atoms. The number of aromatic hydroxyl groups is 1. The number of rotatable bonds is 2. The summed E-state index contributed by atoms with van der Waals surface area (Å²) in [6.45, 7) is 1.22. The Labute approximate surface area is 215 Å². The van der Waals surface area contributed by atoms with Crippen LogP contribution in [0.5, 0.6) is 5.75 Å². The number of Topliss-reactive ketones (excluding diaryl/α,β-unsaturated/α-hetero) is 1. The topological polar surface area (TPSA) is 52.6 Å². The third-order valence-corrected chi connectivity index (χ3v) is 9.87. The van der Waals surface area contributed by atoms with Crippen LogP contribution in [-0.4, -0.2) is 42.5 Å². The Hall–Kier alpha value is -1.88. The molecule has 2 aromatic rings. The van der Waals surface area contributed by atoms with E-state index in [1.54, 1.807) is 0 Å². The quantitative estimate of drug-likeness (QED) is 0.539. The maximum Gasteiger partial charge on any atom is 0.157 e. The predicted octanol–water partition coefficient (Wildman–Crippen LogP) is 5.98. The monoisotopic (exact) mass is 494 g/mol. The minimum atomic E-state index is -0.559. The predicted molar refractivity (Wildman–Crippen MR) is 142 cm³/mol. The van der Waals surface area contributed by atoms with E-state index in [1.807, 2.05) is 37.4 Å².